The summed E-state index contributed by atoms with van der Waals surface area (Å²) in [6.07, 6.45) is 0. The van der Waals surface area contributed by atoms with Gasteiger partial charge in [0.2, 0.25) is 5.91 Å². The molecule has 3 amide bonds. The number of benzene rings is 1. The van der Waals surface area contributed by atoms with E-state index in [9.17, 15) is 9.59 Å². The smallest absolute Gasteiger partial charge is 0.368 e. The minimum Gasteiger partial charge on any atom is -0.368 e. The van der Waals surface area contributed by atoms with Crippen LogP contribution in [0.4, 0.5) is 4.79 Å². The number of hydrogen-bond acceptors (Lipinski definition) is 2. The Morgan fingerprint density at radius 2 is 2.20 bits per heavy atom. The maximum atomic E-state index is 12.4. The molecule has 2 unspecified atom stereocenters. The number of nitrogens with zero attached hydrogens (tertiary/aromatic N) is 2. The summed E-state index contributed by atoms with van der Waals surface area (Å²) in [6.45, 7) is 2.82. The molecule has 1 aromatic carbocycles. The van der Waals surface area contributed by atoms with E-state index in [4.69, 9.17) is 17.3 Å². The molecule has 1 heterocycles. The summed E-state index contributed by atoms with van der Waals surface area (Å²) in [6, 6.07) is 4.99. The highest BCUT2D eigenvalue weighted by Gasteiger charge is 2.50. The van der Waals surface area contributed by atoms with E-state index < -0.39 is 11.9 Å². The van der Waals surface area contributed by atoms with E-state index in [1.165, 1.54) is 4.90 Å². The Morgan fingerprint density at radius 3 is 2.75 bits per heavy atom. The van der Waals surface area contributed by atoms with Gasteiger partial charge in [-0.3, -0.25) is 9.69 Å². The van der Waals surface area contributed by atoms with Crippen molar-refractivity contribution in [2.24, 2.45) is 5.73 Å². The van der Waals surface area contributed by atoms with E-state index in [1.54, 1.807) is 7.05 Å². The van der Waals surface area contributed by atoms with Crippen molar-refractivity contribution in [2.75, 3.05) is 20.6 Å². The molecule has 0 spiro atoms. The molecule has 1 aliphatic heterocycles. The molecule has 2 rings (SSSR count). The fraction of sp³-hybridized carbons (Fsp3) is 0.429. The average molecular weight is 297 g/mol. The van der Waals surface area contributed by atoms with Gasteiger partial charge in [-0.1, -0.05) is 23.7 Å². The highest BCUT2D eigenvalue weighted by atomic mass is 35.5. The van der Waals surface area contributed by atoms with Gasteiger partial charge in [0.1, 0.15) is 13.1 Å². The topological polar surface area (TPSA) is 63.4 Å². The maximum absolute atomic E-state index is 12.4. The van der Waals surface area contributed by atoms with Crippen LogP contribution in [0.15, 0.2) is 18.2 Å². The van der Waals surface area contributed by atoms with E-state index in [2.05, 4.69) is 0 Å². The molecule has 1 aliphatic rings. The number of primary amides is 1. The third kappa shape index (κ3) is 2.39. The third-order valence-corrected chi connectivity index (χ3v) is 4.44. The van der Waals surface area contributed by atoms with Gasteiger partial charge in [-0.15, -0.1) is 0 Å². The normalized spacial score (nSPS) is 26.1. The number of urea groups is 1. The number of nitrogens with two attached hydrogens (primary N) is 1. The van der Waals surface area contributed by atoms with Gasteiger partial charge in [-0.25, -0.2) is 9.28 Å². The second-order valence-electron chi connectivity index (χ2n) is 5.57. The van der Waals surface area contributed by atoms with Crippen molar-refractivity contribution >= 4 is 23.5 Å². The first-order valence-electron chi connectivity index (χ1n) is 6.41. The lowest BCUT2D eigenvalue weighted by molar-refractivity contribution is -0.835. The Morgan fingerprint density at radius 1 is 1.55 bits per heavy atom. The first-order valence-corrected chi connectivity index (χ1v) is 6.79. The number of likely N-dealkylation sites (N-methyl/N-ethyl adjacent to an activating group) is 2. The van der Waals surface area contributed by atoms with Gasteiger partial charge in [0, 0.05) is 17.6 Å². The molecule has 5 nitrogen and oxygen atoms in total. The second kappa shape index (κ2) is 5.07. The number of rotatable bonds is 3. The van der Waals surface area contributed by atoms with Crippen molar-refractivity contribution in [1.29, 1.82) is 0 Å². The number of hydrogen-bond donors (Lipinski definition) is 1. The number of quaternary nitrogens is 1. The zero-order valence-electron chi connectivity index (χ0n) is 11.9. The van der Waals surface area contributed by atoms with Gasteiger partial charge in [0.15, 0.2) is 6.04 Å². The molecule has 0 saturated carbocycles. The number of halogens is 1. The first kappa shape index (κ1) is 14.8. The number of amides is 3. The molecule has 1 aromatic rings. The van der Waals surface area contributed by atoms with Gasteiger partial charge in [-0.05, 0) is 18.6 Å². The highest BCUT2D eigenvalue weighted by molar-refractivity contribution is 6.31. The van der Waals surface area contributed by atoms with Crippen LogP contribution in [0, 0.1) is 6.92 Å². The minimum absolute atomic E-state index is 0.104. The monoisotopic (exact) mass is 296 g/mol. The Labute approximate surface area is 123 Å². The van der Waals surface area contributed by atoms with E-state index in [0.717, 1.165) is 11.1 Å². The molecule has 0 radical (unpaired) electrons. The lowest BCUT2D eigenvalue weighted by Gasteiger charge is -2.26. The molecule has 108 valence electrons. The van der Waals surface area contributed by atoms with Crippen LogP contribution in [-0.2, 0) is 11.3 Å². The Balaban J connectivity index is 2.31. The van der Waals surface area contributed by atoms with Gasteiger partial charge < -0.3 is 5.73 Å². The lowest BCUT2D eigenvalue weighted by atomic mass is 10.1. The van der Waals surface area contributed by atoms with E-state index in [0.29, 0.717) is 18.1 Å². The summed E-state index contributed by atoms with van der Waals surface area (Å²) in [5.41, 5.74) is 7.33. The van der Waals surface area contributed by atoms with Crippen LogP contribution in [0.1, 0.15) is 11.1 Å². The molecule has 2 N–H and O–H groups in total. The zero-order chi connectivity index (χ0) is 15.1. The van der Waals surface area contributed by atoms with Crippen LogP contribution in [-0.4, -0.2) is 48.0 Å². The summed E-state index contributed by atoms with van der Waals surface area (Å²) in [5.74, 6) is -0.467. The van der Waals surface area contributed by atoms with Crippen molar-refractivity contribution < 1.29 is 14.1 Å². The molecular weight excluding hydrogens is 278 g/mol. The SMILES string of the molecule is Cc1c(Cl)cccc1C[N+]1(C)CC(C(N)=O)N(C)C1=O. The average Bonchev–Trinajstić information content (AvgIpc) is 2.60. The molecule has 0 aliphatic carbocycles. The van der Waals surface area contributed by atoms with Crippen LogP contribution >= 0.6 is 11.6 Å². The Kier molecular flexibility index (Phi) is 3.75. The zero-order valence-corrected chi connectivity index (χ0v) is 12.6. The molecule has 6 heteroatoms. The third-order valence-electron chi connectivity index (χ3n) is 4.03. The van der Waals surface area contributed by atoms with E-state index in [-0.39, 0.29) is 10.5 Å². The number of carbonyl (C=O) groups is 2. The summed E-state index contributed by atoms with van der Waals surface area (Å²) in [7, 11) is 3.44. The van der Waals surface area contributed by atoms with Crippen molar-refractivity contribution in [1.82, 2.24) is 4.90 Å². The summed E-state index contributed by atoms with van der Waals surface area (Å²) in [4.78, 5) is 25.2. The van der Waals surface area contributed by atoms with Crippen LogP contribution in [0.25, 0.3) is 0 Å². The van der Waals surface area contributed by atoms with Crippen LogP contribution < -0.4 is 5.73 Å². The maximum Gasteiger partial charge on any atom is 0.419 e. The second-order valence-corrected chi connectivity index (χ2v) is 5.98. The highest BCUT2D eigenvalue weighted by Crippen LogP contribution is 2.27. The minimum atomic E-state index is -0.549. The molecule has 20 heavy (non-hydrogen) atoms. The predicted molar refractivity (Wildman–Crippen MR) is 77.1 cm³/mol. The fourth-order valence-corrected chi connectivity index (χ4v) is 2.90. The fourth-order valence-electron chi connectivity index (χ4n) is 2.71. The standard InChI is InChI=1S/C14H18ClN3O2/c1-9-10(5-4-6-11(9)15)7-18(3)8-12(13(16)19)17(2)14(18)20/h4-6,12H,7-8H2,1-3H3,(H-,16,19)/p+1. The molecule has 2 atom stereocenters. The molecule has 0 bridgehead atoms. The van der Waals surface area contributed by atoms with Crippen LogP contribution in [0.5, 0.6) is 0 Å². The lowest BCUT2D eigenvalue weighted by Crippen LogP contribution is -2.46. The van der Waals surface area contributed by atoms with Gasteiger partial charge >= 0.3 is 6.03 Å². The molecular formula is C14H19ClN3O2+. The van der Waals surface area contributed by atoms with Gasteiger partial charge in [-0.2, -0.15) is 0 Å². The van der Waals surface area contributed by atoms with Crippen LogP contribution in [0.2, 0.25) is 5.02 Å². The Bertz CT molecular complexity index is 576. The van der Waals surface area contributed by atoms with Crippen molar-refractivity contribution in [3.63, 3.8) is 0 Å². The summed E-state index contributed by atoms with van der Waals surface area (Å²) >= 11 is 6.11. The van der Waals surface area contributed by atoms with Gasteiger partial charge in [0.25, 0.3) is 0 Å². The predicted octanol–water partition coefficient (Wildman–Crippen LogP) is 1.51. The quantitative estimate of drug-likeness (QED) is 0.860. The van der Waals surface area contributed by atoms with E-state index in [1.807, 2.05) is 32.2 Å². The molecule has 1 fully saturated rings. The van der Waals surface area contributed by atoms with Crippen LogP contribution in [0.3, 0.4) is 0 Å². The van der Waals surface area contributed by atoms with Crippen molar-refractivity contribution in [2.45, 2.75) is 19.5 Å². The summed E-state index contributed by atoms with van der Waals surface area (Å²) < 4.78 is 0.130. The van der Waals surface area contributed by atoms with Crippen molar-refractivity contribution in [3.8, 4) is 0 Å². The number of carbonyl (C=O) groups excluding carboxylic acids is 2. The van der Waals surface area contributed by atoms with E-state index >= 15 is 0 Å². The largest absolute Gasteiger partial charge is 0.419 e. The summed E-state index contributed by atoms with van der Waals surface area (Å²) in [5, 5.41) is 0.681. The molecule has 1 saturated heterocycles. The first-order chi connectivity index (χ1) is 9.26. The van der Waals surface area contributed by atoms with Crippen molar-refractivity contribution in [3.05, 3.63) is 34.3 Å². The van der Waals surface area contributed by atoms with Gasteiger partial charge in [0.05, 0.1) is 7.05 Å². The Hall–Kier alpha value is -1.59. The molecule has 0 aromatic heterocycles.